The fraction of sp³-hybridized carbons (Fsp3) is 0.250. The highest BCUT2D eigenvalue weighted by molar-refractivity contribution is 7.15. The first kappa shape index (κ1) is 12.8. The van der Waals surface area contributed by atoms with Gasteiger partial charge in [-0.2, -0.15) is 0 Å². The van der Waals surface area contributed by atoms with Gasteiger partial charge in [-0.3, -0.25) is 0 Å². The highest BCUT2D eigenvalue weighted by atomic mass is 32.1. The van der Waals surface area contributed by atoms with Crippen molar-refractivity contribution in [2.75, 3.05) is 12.8 Å². The Balaban J connectivity index is 2.60. The summed E-state index contributed by atoms with van der Waals surface area (Å²) in [5.74, 6) is -0.252. The molecule has 1 aromatic carbocycles. The maximum absolute atomic E-state index is 13.9. The molecule has 0 saturated heterocycles. The van der Waals surface area contributed by atoms with Crippen molar-refractivity contribution in [1.29, 1.82) is 0 Å². The second-order valence-electron chi connectivity index (χ2n) is 3.95. The third kappa shape index (κ3) is 2.04. The van der Waals surface area contributed by atoms with Gasteiger partial charge in [-0.15, -0.1) is 0 Å². The number of aliphatic hydroxyl groups is 1. The predicted molar refractivity (Wildman–Crippen MR) is 68.2 cm³/mol. The van der Waals surface area contributed by atoms with E-state index < -0.39 is 11.4 Å². The average molecular weight is 268 g/mol. The first-order chi connectivity index (χ1) is 8.46. The summed E-state index contributed by atoms with van der Waals surface area (Å²) in [5, 5.41) is 10.9. The molecule has 0 aliphatic rings. The molecule has 1 aromatic heterocycles. The highest BCUT2D eigenvalue weighted by Crippen LogP contribution is 2.39. The zero-order chi connectivity index (χ0) is 13.3. The molecule has 6 heteroatoms. The summed E-state index contributed by atoms with van der Waals surface area (Å²) >= 11 is 1.11. The first-order valence-corrected chi connectivity index (χ1v) is 6.05. The number of nitrogens with two attached hydrogens (primary N) is 1. The van der Waals surface area contributed by atoms with E-state index in [4.69, 9.17) is 10.5 Å². The van der Waals surface area contributed by atoms with Crippen molar-refractivity contribution in [3.8, 4) is 5.75 Å². The Morgan fingerprint density at radius 2 is 2.22 bits per heavy atom. The lowest BCUT2D eigenvalue weighted by Gasteiger charge is -2.24. The van der Waals surface area contributed by atoms with Crippen LogP contribution in [-0.2, 0) is 5.60 Å². The number of thiazole rings is 1. The molecule has 3 N–H and O–H groups in total. The smallest absolute Gasteiger partial charge is 0.180 e. The molecule has 1 heterocycles. The molecule has 0 aliphatic heterocycles. The summed E-state index contributed by atoms with van der Waals surface area (Å²) in [7, 11) is 1.43. The number of nitrogens with zero attached hydrogens (tertiary/aromatic N) is 1. The van der Waals surface area contributed by atoms with Crippen LogP contribution < -0.4 is 10.5 Å². The van der Waals surface area contributed by atoms with E-state index in [9.17, 15) is 9.50 Å². The van der Waals surface area contributed by atoms with Crippen LogP contribution in [0.5, 0.6) is 5.75 Å². The minimum absolute atomic E-state index is 0.0798. The largest absolute Gasteiger partial charge is 0.496 e. The van der Waals surface area contributed by atoms with Crippen LogP contribution in [0, 0.1) is 5.82 Å². The van der Waals surface area contributed by atoms with Crippen LogP contribution in [0.1, 0.15) is 17.4 Å². The Morgan fingerprint density at radius 1 is 1.50 bits per heavy atom. The second kappa shape index (κ2) is 4.55. The number of halogens is 1. The standard InChI is InChI=1S/C12H13FN2O2S/c1-12(16,9-6-15-11(14)18-9)10-7(13)4-3-5-8(10)17-2/h3-6,16H,1-2H3,(H2,14,15)/t12-/m0/s1. The number of anilines is 1. The van der Waals surface area contributed by atoms with Crippen molar-refractivity contribution in [2.24, 2.45) is 0 Å². The van der Waals surface area contributed by atoms with Crippen LogP contribution in [0.3, 0.4) is 0 Å². The molecule has 0 radical (unpaired) electrons. The van der Waals surface area contributed by atoms with E-state index >= 15 is 0 Å². The van der Waals surface area contributed by atoms with Gasteiger partial charge in [0.2, 0.25) is 0 Å². The number of nitrogen functional groups attached to an aromatic ring is 1. The first-order valence-electron chi connectivity index (χ1n) is 5.24. The molecule has 0 bridgehead atoms. The number of hydrogen-bond acceptors (Lipinski definition) is 5. The number of benzene rings is 1. The van der Waals surface area contributed by atoms with Crippen LogP contribution in [-0.4, -0.2) is 17.2 Å². The van der Waals surface area contributed by atoms with Gasteiger partial charge < -0.3 is 15.6 Å². The second-order valence-corrected chi connectivity index (χ2v) is 5.01. The van der Waals surface area contributed by atoms with Gasteiger partial charge in [0.15, 0.2) is 5.13 Å². The van der Waals surface area contributed by atoms with Crippen molar-refractivity contribution in [2.45, 2.75) is 12.5 Å². The zero-order valence-corrected chi connectivity index (χ0v) is 10.8. The summed E-state index contributed by atoms with van der Waals surface area (Å²) < 4.78 is 19.0. The van der Waals surface area contributed by atoms with Crippen molar-refractivity contribution in [3.05, 3.63) is 40.7 Å². The maximum atomic E-state index is 13.9. The third-order valence-corrected chi connectivity index (χ3v) is 3.72. The lowest BCUT2D eigenvalue weighted by Crippen LogP contribution is -2.24. The van der Waals surface area contributed by atoms with E-state index in [0.717, 1.165) is 11.3 Å². The Morgan fingerprint density at radius 3 is 2.78 bits per heavy atom. The highest BCUT2D eigenvalue weighted by Gasteiger charge is 2.34. The van der Waals surface area contributed by atoms with E-state index in [1.54, 1.807) is 6.07 Å². The average Bonchev–Trinajstić information content (AvgIpc) is 2.75. The van der Waals surface area contributed by atoms with Gasteiger partial charge in [-0.1, -0.05) is 17.4 Å². The zero-order valence-electron chi connectivity index (χ0n) is 9.98. The maximum Gasteiger partial charge on any atom is 0.180 e. The van der Waals surface area contributed by atoms with Crippen LogP contribution in [0.25, 0.3) is 0 Å². The fourth-order valence-corrected chi connectivity index (χ4v) is 2.52. The molecule has 2 aromatic rings. The minimum Gasteiger partial charge on any atom is -0.496 e. The monoisotopic (exact) mass is 268 g/mol. The van der Waals surface area contributed by atoms with Gasteiger partial charge in [-0.25, -0.2) is 9.37 Å². The van der Waals surface area contributed by atoms with Gasteiger partial charge in [0, 0.05) is 6.20 Å². The van der Waals surface area contributed by atoms with Gasteiger partial charge in [0.05, 0.1) is 17.6 Å². The lowest BCUT2D eigenvalue weighted by molar-refractivity contribution is 0.0981. The van der Waals surface area contributed by atoms with Crippen molar-refractivity contribution in [3.63, 3.8) is 0 Å². The number of aromatic nitrogens is 1. The lowest BCUT2D eigenvalue weighted by atomic mass is 9.93. The number of rotatable bonds is 3. The number of methoxy groups -OCH3 is 1. The Hall–Kier alpha value is -1.66. The summed E-state index contributed by atoms with van der Waals surface area (Å²) in [6.07, 6.45) is 1.44. The Bertz CT molecular complexity index is 569. The molecule has 4 nitrogen and oxygen atoms in total. The quantitative estimate of drug-likeness (QED) is 0.894. The molecule has 0 aliphatic carbocycles. The fourth-order valence-electron chi connectivity index (χ4n) is 1.78. The summed E-state index contributed by atoms with van der Waals surface area (Å²) in [6, 6.07) is 4.39. The van der Waals surface area contributed by atoms with E-state index in [1.165, 1.54) is 32.4 Å². The van der Waals surface area contributed by atoms with Gasteiger partial charge in [0.25, 0.3) is 0 Å². The Kier molecular flexibility index (Phi) is 3.23. The van der Waals surface area contributed by atoms with Crippen molar-refractivity contribution in [1.82, 2.24) is 4.98 Å². The van der Waals surface area contributed by atoms with E-state index in [2.05, 4.69) is 4.98 Å². The Labute approximate surface area is 108 Å². The van der Waals surface area contributed by atoms with E-state index in [-0.39, 0.29) is 11.3 Å². The normalized spacial score (nSPS) is 14.2. The van der Waals surface area contributed by atoms with Crippen molar-refractivity contribution < 1.29 is 14.2 Å². The minimum atomic E-state index is -1.54. The van der Waals surface area contributed by atoms with Crippen LogP contribution >= 0.6 is 11.3 Å². The number of ether oxygens (including phenoxy) is 1. The molecule has 0 amide bonds. The topological polar surface area (TPSA) is 68.4 Å². The molecular formula is C12H13FN2O2S. The summed E-state index contributed by atoms with van der Waals surface area (Å²) in [5.41, 5.74) is 4.08. The summed E-state index contributed by atoms with van der Waals surface area (Å²) in [4.78, 5) is 4.33. The summed E-state index contributed by atoms with van der Waals surface area (Å²) in [6.45, 7) is 1.49. The van der Waals surface area contributed by atoms with Crippen LogP contribution in [0.4, 0.5) is 9.52 Å². The molecule has 0 fully saturated rings. The van der Waals surface area contributed by atoms with Crippen LogP contribution in [0.2, 0.25) is 0 Å². The van der Waals surface area contributed by atoms with Crippen molar-refractivity contribution >= 4 is 16.5 Å². The predicted octanol–water partition coefficient (Wildman–Crippen LogP) is 2.13. The molecular weight excluding hydrogens is 255 g/mol. The van der Waals surface area contributed by atoms with E-state index in [0.29, 0.717) is 10.0 Å². The molecule has 0 unspecified atom stereocenters. The van der Waals surface area contributed by atoms with Gasteiger partial charge in [-0.05, 0) is 19.1 Å². The SMILES string of the molecule is COc1cccc(F)c1[C@@](C)(O)c1cnc(N)s1. The van der Waals surface area contributed by atoms with E-state index in [1.807, 2.05) is 0 Å². The molecule has 96 valence electrons. The number of hydrogen-bond donors (Lipinski definition) is 2. The van der Waals surface area contributed by atoms with Gasteiger partial charge >= 0.3 is 0 Å². The van der Waals surface area contributed by atoms with Gasteiger partial charge in [0.1, 0.15) is 17.2 Å². The third-order valence-electron chi connectivity index (χ3n) is 2.69. The molecule has 0 spiro atoms. The molecule has 1 atom stereocenters. The molecule has 18 heavy (non-hydrogen) atoms. The van der Waals surface area contributed by atoms with Crippen LogP contribution in [0.15, 0.2) is 24.4 Å². The molecule has 2 rings (SSSR count). The molecule has 0 saturated carbocycles.